The summed E-state index contributed by atoms with van der Waals surface area (Å²) in [5.74, 6) is -0.282. The molecule has 1 atom stereocenters. The van der Waals surface area contributed by atoms with Gasteiger partial charge in [0.1, 0.15) is 6.04 Å². The van der Waals surface area contributed by atoms with Gasteiger partial charge in [0.05, 0.1) is 25.5 Å². The van der Waals surface area contributed by atoms with Gasteiger partial charge < -0.3 is 15.0 Å². The van der Waals surface area contributed by atoms with Gasteiger partial charge in [-0.1, -0.05) is 13.8 Å². The summed E-state index contributed by atoms with van der Waals surface area (Å²) in [6.45, 7) is 9.97. The van der Waals surface area contributed by atoms with Gasteiger partial charge in [-0.25, -0.2) is 4.79 Å². The van der Waals surface area contributed by atoms with Crippen molar-refractivity contribution < 1.29 is 9.53 Å². The summed E-state index contributed by atoms with van der Waals surface area (Å²) in [5.41, 5.74) is 0.831. The van der Waals surface area contributed by atoms with Crippen LogP contribution in [0.15, 0.2) is 12.4 Å². The average Bonchev–Trinajstić information content (AvgIpc) is 2.86. The molecule has 1 heterocycles. The fourth-order valence-electron chi connectivity index (χ4n) is 1.83. The van der Waals surface area contributed by atoms with Crippen LogP contribution in [0.3, 0.4) is 0 Å². The van der Waals surface area contributed by atoms with E-state index in [0.717, 1.165) is 31.9 Å². The van der Waals surface area contributed by atoms with Crippen LogP contribution in [0, 0.1) is 0 Å². The van der Waals surface area contributed by atoms with Crippen LogP contribution < -0.4 is 5.32 Å². The molecule has 108 valence electrons. The van der Waals surface area contributed by atoms with Crippen molar-refractivity contribution >= 4 is 11.7 Å². The van der Waals surface area contributed by atoms with Gasteiger partial charge in [0.2, 0.25) is 0 Å². The number of ether oxygens (including phenoxy) is 1. The van der Waals surface area contributed by atoms with Crippen molar-refractivity contribution in [2.45, 2.75) is 33.4 Å². The molecule has 0 saturated heterocycles. The second-order valence-electron chi connectivity index (χ2n) is 4.41. The maximum atomic E-state index is 11.3. The minimum atomic E-state index is -0.370. The number of rotatable bonds is 8. The minimum Gasteiger partial charge on any atom is -0.467 e. The predicted molar refractivity (Wildman–Crippen MR) is 75.1 cm³/mol. The molecular formula is C13H24N4O2. The minimum absolute atomic E-state index is 0.282. The van der Waals surface area contributed by atoms with Gasteiger partial charge >= 0.3 is 5.97 Å². The van der Waals surface area contributed by atoms with Crippen molar-refractivity contribution in [3.05, 3.63) is 12.4 Å². The van der Waals surface area contributed by atoms with Crippen LogP contribution >= 0.6 is 0 Å². The van der Waals surface area contributed by atoms with E-state index in [4.69, 9.17) is 0 Å². The molecule has 6 nitrogen and oxygen atoms in total. The van der Waals surface area contributed by atoms with E-state index < -0.39 is 0 Å². The molecule has 1 unspecified atom stereocenters. The number of nitrogens with zero attached hydrogens (tertiary/aromatic N) is 3. The summed E-state index contributed by atoms with van der Waals surface area (Å²) in [6.07, 6.45) is 3.63. The molecule has 19 heavy (non-hydrogen) atoms. The number of carbonyl (C=O) groups is 1. The molecule has 0 aromatic carbocycles. The lowest BCUT2D eigenvalue weighted by Crippen LogP contribution is -2.27. The molecule has 0 radical (unpaired) electrons. The summed E-state index contributed by atoms with van der Waals surface area (Å²) < 4.78 is 6.54. The Labute approximate surface area is 114 Å². The third kappa shape index (κ3) is 4.90. The maximum Gasteiger partial charge on any atom is 0.327 e. The SMILES string of the molecule is CCN(CC)CCn1cc(NC(C)C(=O)OC)cn1. The van der Waals surface area contributed by atoms with E-state index in [1.165, 1.54) is 7.11 Å². The van der Waals surface area contributed by atoms with E-state index in [1.807, 2.05) is 10.9 Å². The van der Waals surface area contributed by atoms with Crippen LogP contribution in [0.1, 0.15) is 20.8 Å². The van der Waals surface area contributed by atoms with Crippen LogP contribution in [-0.2, 0) is 16.1 Å². The highest BCUT2D eigenvalue weighted by Gasteiger charge is 2.13. The zero-order valence-corrected chi connectivity index (χ0v) is 12.2. The first-order chi connectivity index (χ1) is 9.10. The summed E-state index contributed by atoms with van der Waals surface area (Å²) in [5, 5.41) is 7.33. The van der Waals surface area contributed by atoms with Crippen LogP contribution in [-0.4, -0.2) is 53.4 Å². The molecule has 0 aliphatic carbocycles. The zero-order chi connectivity index (χ0) is 14.3. The fourth-order valence-corrected chi connectivity index (χ4v) is 1.83. The van der Waals surface area contributed by atoms with Gasteiger partial charge in [-0.3, -0.25) is 4.68 Å². The van der Waals surface area contributed by atoms with E-state index in [2.05, 4.69) is 33.9 Å². The van der Waals surface area contributed by atoms with Crippen molar-refractivity contribution in [2.24, 2.45) is 0 Å². The molecule has 0 amide bonds. The molecule has 0 bridgehead atoms. The van der Waals surface area contributed by atoms with Crippen molar-refractivity contribution in [3.63, 3.8) is 0 Å². The van der Waals surface area contributed by atoms with E-state index in [9.17, 15) is 4.79 Å². The molecular weight excluding hydrogens is 244 g/mol. The Kier molecular flexibility index (Phi) is 6.35. The van der Waals surface area contributed by atoms with E-state index in [1.54, 1.807) is 13.1 Å². The molecule has 1 aromatic rings. The molecule has 1 aromatic heterocycles. The molecule has 1 N–H and O–H groups in total. The number of methoxy groups -OCH3 is 1. The van der Waals surface area contributed by atoms with Gasteiger partial charge in [0.15, 0.2) is 0 Å². The Balaban J connectivity index is 2.46. The summed E-state index contributed by atoms with van der Waals surface area (Å²) in [6, 6.07) is -0.370. The van der Waals surface area contributed by atoms with Crippen molar-refractivity contribution in [1.82, 2.24) is 14.7 Å². The molecule has 0 aliphatic heterocycles. The quantitative estimate of drug-likeness (QED) is 0.718. The summed E-state index contributed by atoms with van der Waals surface area (Å²) >= 11 is 0. The summed E-state index contributed by atoms with van der Waals surface area (Å²) in [4.78, 5) is 13.6. The third-order valence-electron chi connectivity index (χ3n) is 3.11. The number of aromatic nitrogens is 2. The summed E-state index contributed by atoms with van der Waals surface area (Å²) in [7, 11) is 1.38. The smallest absolute Gasteiger partial charge is 0.327 e. The van der Waals surface area contributed by atoms with Gasteiger partial charge in [0.25, 0.3) is 0 Å². The number of nitrogens with one attached hydrogen (secondary N) is 1. The molecule has 0 saturated carbocycles. The molecule has 1 rings (SSSR count). The largest absolute Gasteiger partial charge is 0.467 e. The fraction of sp³-hybridized carbons (Fsp3) is 0.692. The molecule has 0 fully saturated rings. The molecule has 0 spiro atoms. The predicted octanol–water partition coefficient (Wildman–Crippen LogP) is 1.20. The Morgan fingerprint density at radius 3 is 2.79 bits per heavy atom. The number of anilines is 1. The number of esters is 1. The monoisotopic (exact) mass is 268 g/mol. The van der Waals surface area contributed by atoms with Gasteiger partial charge in [-0.2, -0.15) is 5.10 Å². The Hall–Kier alpha value is -1.56. The third-order valence-corrected chi connectivity index (χ3v) is 3.11. The van der Waals surface area contributed by atoms with Crippen molar-refractivity contribution in [3.8, 4) is 0 Å². The van der Waals surface area contributed by atoms with E-state index >= 15 is 0 Å². The molecule has 0 aliphatic rings. The molecule has 6 heteroatoms. The van der Waals surface area contributed by atoms with E-state index in [-0.39, 0.29) is 12.0 Å². The lowest BCUT2D eigenvalue weighted by atomic mass is 10.3. The lowest BCUT2D eigenvalue weighted by molar-refractivity contribution is -0.141. The second-order valence-corrected chi connectivity index (χ2v) is 4.41. The average molecular weight is 268 g/mol. The van der Waals surface area contributed by atoms with Gasteiger partial charge in [-0.05, 0) is 20.0 Å². The number of hydrogen-bond donors (Lipinski definition) is 1. The number of carbonyl (C=O) groups excluding carboxylic acids is 1. The second kappa shape index (κ2) is 7.78. The first-order valence-corrected chi connectivity index (χ1v) is 6.69. The Morgan fingerprint density at radius 1 is 1.53 bits per heavy atom. The zero-order valence-electron chi connectivity index (χ0n) is 12.2. The van der Waals surface area contributed by atoms with Crippen LogP contribution in [0.5, 0.6) is 0 Å². The van der Waals surface area contributed by atoms with E-state index in [0.29, 0.717) is 0 Å². The highest BCUT2D eigenvalue weighted by Crippen LogP contribution is 2.07. The van der Waals surface area contributed by atoms with Crippen LogP contribution in [0.25, 0.3) is 0 Å². The topological polar surface area (TPSA) is 59.4 Å². The maximum absolute atomic E-state index is 11.3. The number of likely N-dealkylation sites (N-methyl/N-ethyl adjacent to an activating group) is 1. The van der Waals surface area contributed by atoms with Crippen molar-refractivity contribution in [2.75, 3.05) is 32.1 Å². The highest BCUT2D eigenvalue weighted by atomic mass is 16.5. The van der Waals surface area contributed by atoms with Crippen molar-refractivity contribution in [1.29, 1.82) is 0 Å². The Bertz CT molecular complexity index is 388. The van der Waals surface area contributed by atoms with Gasteiger partial charge in [0, 0.05) is 12.7 Å². The van der Waals surface area contributed by atoms with Crippen LogP contribution in [0.4, 0.5) is 5.69 Å². The number of hydrogen-bond acceptors (Lipinski definition) is 5. The standard InChI is InChI=1S/C13H24N4O2/c1-5-16(6-2)7-8-17-10-12(9-14-17)15-11(3)13(18)19-4/h9-11,15H,5-8H2,1-4H3. The first-order valence-electron chi connectivity index (χ1n) is 6.69. The first kappa shape index (κ1) is 15.5. The lowest BCUT2D eigenvalue weighted by Gasteiger charge is -2.17. The van der Waals surface area contributed by atoms with Gasteiger partial charge in [-0.15, -0.1) is 0 Å². The van der Waals surface area contributed by atoms with Crippen LogP contribution in [0.2, 0.25) is 0 Å². The Morgan fingerprint density at radius 2 is 2.21 bits per heavy atom. The normalized spacial score (nSPS) is 12.5. The highest BCUT2D eigenvalue weighted by molar-refractivity contribution is 5.78.